The molecule has 5 nitrogen and oxygen atoms in total. The first kappa shape index (κ1) is 15.9. The number of benzene rings is 1. The zero-order chi connectivity index (χ0) is 16.2. The lowest BCUT2D eigenvalue weighted by Crippen LogP contribution is -2.39. The van der Waals surface area contributed by atoms with E-state index in [1.165, 1.54) is 12.1 Å². The molecule has 23 heavy (non-hydrogen) atoms. The fourth-order valence-corrected chi connectivity index (χ4v) is 2.98. The van der Waals surface area contributed by atoms with Crippen LogP contribution in [0.1, 0.15) is 30.9 Å². The number of piperidine rings is 1. The van der Waals surface area contributed by atoms with Crippen molar-refractivity contribution in [2.75, 3.05) is 13.1 Å². The van der Waals surface area contributed by atoms with Crippen molar-refractivity contribution >= 4 is 17.5 Å². The van der Waals surface area contributed by atoms with E-state index in [1.807, 2.05) is 4.90 Å². The van der Waals surface area contributed by atoms with Gasteiger partial charge in [0.2, 0.25) is 5.91 Å². The zero-order valence-electron chi connectivity index (χ0n) is 12.7. The minimum atomic E-state index is -0.441. The van der Waals surface area contributed by atoms with Crippen molar-refractivity contribution in [1.82, 2.24) is 19.9 Å². The molecule has 1 aromatic carbocycles. The van der Waals surface area contributed by atoms with Gasteiger partial charge < -0.3 is 4.90 Å². The molecular formula is C16H18ClFN4O. The van der Waals surface area contributed by atoms with Gasteiger partial charge in [0.15, 0.2) is 0 Å². The van der Waals surface area contributed by atoms with Crippen molar-refractivity contribution in [3.8, 4) is 0 Å². The van der Waals surface area contributed by atoms with Crippen LogP contribution in [-0.2, 0) is 11.2 Å². The summed E-state index contributed by atoms with van der Waals surface area (Å²) in [4.78, 5) is 15.9. The van der Waals surface area contributed by atoms with Crippen LogP contribution in [0.2, 0.25) is 5.02 Å². The van der Waals surface area contributed by atoms with Crippen molar-refractivity contribution in [3.05, 3.63) is 47.0 Å². The Morgan fingerprint density at radius 2 is 1.96 bits per heavy atom. The van der Waals surface area contributed by atoms with Gasteiger partial charge in [-0.05, 0) is 37.0 Å². The van der Waals surface area contributed by atoms with Crippen LogP contribution in [0.5, 0.6) is 0 Å². The topological polar surface area (TPSA) is 51.0 Å². The average molecular weight is 337 g/mol. The van der Waals surface area contributed by atoms with Crippen LogP contribution in [-0.4, -0.2) is 38.9 Å². The molecule has 122 valence electrons. The van der Waals surface area contributed by atoms with Crippen molar-refractivity contribution in [3.63, 3.8) is 0 Å². The maximum atomic E-state index is 13.4. The Morgan fingerprint density at radius 3 is 2.61 bits per heavy atom. The van der Waals surface area contributed by atoms with E-state index in [-0.39, 0.29) is 17.0 Å². The number of hydrogen-bond acceptors (Lipinski definition) is 3. The summed E-state index contributed by atoms with van der Waals surface area (Å²) in [6, 6.07) is 4.94. The first-order chi connectivity index (χ1) is 11.1. The van der Waals surface area contributed by atoms with Crippen molar-refractivity contribution < 1.29 is 9.18 Å². The molecule has 0 N–H and O–H groups in total. The van der Waals surface area contributed by atoms with Gasteiger partial charge in [0, 0.05) is 19.5 Å². The number of rotatable bonds is 4. The summed E-state index contributed by atoms with van der Waals surface area (Å²) in [6.07, 6.45) is 5.96. The summed E-state index contributed by atoms with van der Waals surface area (Å²) in [7, 11) is 0. The van der Waals surface area contributed by atoms with Gasteiger partial charge in [-0.15, -0.1) is 0 Å². The van der Waals surface area contributed by atoms with Crippen LogP contribution in [0, 0.1) is 5.82 Å². The molecule has 1 saturated heterocycles. The standard InChI is InChI=1S/C16H18ClFN4O/c17-14-3-1-12(11-15(14)18)2-4-16(23)21-9-5-13(6-10-21)22-19-7-8-20-22/h1,3,7-8,11,13H,2,4-6,9-10H2. The molecule has 0 spiro atoms. The first-order valence-electron chi connectivity index (χ1n) is 7.71. The molecular weight excluding hydrogens is 319 g/mol. The van der Waals surface area contributed by atoms with E-state index in [0.717, 1.165) is 18.4 Å². The molecule has 1 amide bonds. The van der Waals surface area contributed by atoms with Crippen molar-refractivity contribution in [2.24, 2.45) is 0 Å². The Morgan fingerprint density at radius 1 is 1.26 bits per heavy atom. The fourth-order valence-electron chi connectivity index (χ4n) is 2.87. The van der Waals surface area contributed by atoms with Gasteiger partial charge in [-0.25, -0.2) is 4.39 Å². The summed E-state index contributed by atoms with van der Waals surface area (Å²) in [5.74, 6) is -0.337. The van der Waals surface area contributed by atoms with E-state index >= 15 is 0 Å². The minimum Gasteiger partial charge on any atom is -0.343 e. The summed E-state index contributed by atoms with van der Waals surface area (Å²) in [5, 5.41) is 8.42. The zero-order valence-corrected chi connectivity index (χ0v) is 13.4. The molecule has 1 aliphatic heterocycles. The monoisotopic (exact) mass is 336 g/mol. The van der Waals surface area contributed by atoms with Gasteiger partial charge in [-0.2, -0.15) is 15.0 Å². The van der Waals surface area contributed by atoms with Gasteiger partial charge in [-0.1, -0.05) is 17.7 Å². The van der Waals surface area contributed by atoms with E-state index in [4.69, 9.17) is 11.6 Å². The predicted molar refractivity (Wildman–Crippen MR) is 84.6 cm³/mol. The van der Waals surface area contributed by atoms with Crippen LogP contribution in [0.3, 0.4) is 0 Å². The van der Waals surface area contributed by atoms with Crippen LogP contribution in [0.25, 0.3) is 0 Å². The van der Waals surface area contributed by atoms with E-state index < -0.39 is 5.82 Å². The molecule has 0 radical (unpaired) electrons. The lowest BCUT2D eigenvalue weighted by atomic mass is 10.0. The predicted octanol–water partition coefficient (Wildman–Crippen LogP) is 2.87. The van der Waals surface area contributed by atoms with Crippen molar-refractivity contribution in [1.29, 1.82) is 0 Å². The van der Waals surface area contributed by atoms with Gasteiger partial charge in [-0.3, -0.25) is 4.79 Å². The molecule has 0 unspecified atom stereocenters. The highest BCUT2D eigenvalue weighted by Crippen LogP contribution is 2.22. The third kappa shape index (κ3) is 3.88. The summed E-state index contributed by atoms with van der Waals surface area (Å²) in [5.41, 5.74) is 0.788. The lowest BCUT2D eigenvalue weighted by Gasteiger charge is -2.31. The molecule has 1 aromatic heterocycles. The second-order valence-corrected chi connectivity index (χ2v) is 6.12. The van der Waals surface area contributed by atoms with Crippen LogP contribution < -0.4 is 0 Å². The Bertz CT molecular complexity index is 669. The number of nitrogens with zero attached hydrogens (tertiary/aromatic N) is 4. The largest absolute Gasteiger partial charge is 0.343 e. The Kier molecular flexibility index (Phi) is 4.91. The van der Waals surface area contributed by atoms with Gasteiger partial charge in [0.25, 0.3) is 0 Å². The average Bonchev–Trinajstić information content (AvgIpc) is 3.10. The lowest BCUT2D eigenvalue weighted by molar-refractivity contribution is -0.132. The Hall–Kier alpha value is -1.95. The molecule has 2 heterocycles. The van der Waals surface area contributed by atoms with E-state index in [2.05, 4.69) is 10.2 Å². The molecule has 0 atom stereocenters. The number of halogens is 2. The highest BCUT2D eigenvalue weighted by molar-refractivity contribution is 6.30. The number of aryl methyl sites for hydroxylation is 1. The maximum absolute atomic E-state index is 13.4. The molecule has 7 heteroatoms. The Labute approximate surface area is 139 Å². The number of carbonyl (C=O) groups is 1. The summed E-state index contributed by atoms with van der Waals surface area (Å²) < 4.78 is 13.4. The second kappa shape index (κ2) is 7.08. The van der Waals surface area contributed by atoms with Gasteiger partial charge >= 0.3 is 0 Å². The van der Waals surface area contributed by atoms with Gasteiger partial charge in [0.1, 0.15) is 5.82 Å². The van der Waals surface area contributed by atoms with Crippen LogP contribution in [0.4, 0.5) is 4.39 Å². The van der Waals surface area contributed by atoms with E-state index in [0.29, 0.717) is 25.9 Å². The van der Waals surface area contributed by atoms with E-state index in [1.54, 1.807) is 23.3 Å². The second-order valence-electron chi connectivity index (χ2n) is 5.71. The smallest absolute Gasteiger partial charge is 0.222 e. The normalized spacial score (nSPS) is 15.8. The molecule has 1 fully saturated rings. The number of aromatic nitrogens is 3. The minimum absolute atomic E-state index is 0.104. The molecule has 3 rings (SSSR count). The molecule has 0 aliphatic carbocycles. The molecule has 0 saturated carbocycles. The third-order valence-electron chi connectivity index (χ3n) is 4.19. The van der Waals surface area contributed by atoms with Crippen LogP contribution in [0.15, 0.2) is 30.6 Å². The fraction of sp³-hybridized carbons (Fsp3) is 0.438. The summed E-state index contributed by atoms with van der Waals surface area (Å²) in [6.45, 7) is 1.42. The van der Waals surface area contributed by atoms with E-state index in [9.17, 15) is 9.18 Å². The maximum Gasteiger partial charge on any atom is 0.222 e. The molecule has 0 bridgehead atoms. The molecule has 2 aromatic rings. The number of carbonyl (C=O) groups excluding carboxylic acids is 1. The number of hydrogen-bond donors (Lipinski definition) is 0. The number of likely N-dealkylation sites (tertiary alicyclic amines) is 1. The molecule has 1 aliphatic rings. The highest BCUT2D eigenvalue weighted by Gasteiger charge is 2.24. The number of amides is 1. The summed E-state index contributed by atoms with van der Waals surface area (Å²) >= 11 is 5.66. The highest BCUT2D eigenvalue weighted by atomic mass is 35.5. The third-order valence-corrected chi connectivity index (χ3v) is 4.50. The SMILES string of the molecule is O=C(CCc1ccc(Cl)c(F)c1)N1CCC(n2nccn2)CC1. The van der Waals surface area contributed by atoms with Crippen LogP contribution >= 0.6 is 11.6 Å². The van der Waals surface area contributed by atoms with Crippen molar-refractivity contribution in [2.45, 2.75) is 31.7 Å². The van der Waals surface area contributed by atoms with Gasteiger partial charge in [0.05, 0.1) is 23.5 Å². The first-order valence-corrected chi connectivity index (χ1v) is 8.09. The Balaban J connectivity index is 1.48. The quantitative estimate of drug-likeness (QED) is 0.862.